The second-order valence-electron chi connectivity index (χ2n) is 27.7. The van der Waals surface area contributed by atoms with Gasteiger partial charge in [-0.05, 0) is 116 Å². The molecule has 0 saturated carbocycles. The fraction of sp³-hybridized carbons (Fsp3) is 0.721. The number of unbranched alkanes of at least 4 members (excludes halogenated alkanes) is 37. The van der Waals surface area contributed by atoms with Gasteiger partial charge in [0.15, 0.2) is 6.10 Å². The maximum atomic E-state index is 12.9. The smallest absolute Gasteiger partial charge is 0.462 e. The number of likely N-dealkylation sites (N-methyl/N-ethyl adjacent to an activating group) is 1. The third kappa shape index (κ3) is 79.1. The highest BCUT2D eigenvalue weighted by atomic mass is 31.2. The van der Waals surface area contributed by atoms with Crippen LogP contribution in [-0.4, -0.2) is 74.9 Å². The molecule has 0 aliphatic rings. The Morgan fingerprint density at radius 2 is 0.594 bits per heavy atom. The Bertz CT molecular complexity index is 2090. The summed E-state index contributed by atoms with van der Waals surface area (Å²) in [6.07, 6.45) is 110. The van der Waals surface area contributed by atoms with Gasteiger partial charge in [0.25, 0.3) is 0 Å². The van der Waals surface area contributed by atoms with E-state index in [0.717, 1.165) is 109 Å². The van der Waals surface area contributed by atoms with Gasteiger partial charge in [-0.1, -0.05) is 353 Å². The summed E-state index contributed by atoms with van der Waals surface area (Å²) in [5.74, 6) is -0.798. The number of esters is 2. The number of quaternary nitrogens is 1. The molecule has 0 aromatic heterocycles. The van der Waals surface area contributed by atoms with E-state index >= 15 is 0 Å². The van der Waals surface area contributed by atoms with Crippen molar-refractivity contribution in [3.8, 4) is 0 Å². The highest BCUT2D eigenvalue weighted by Crippen LogP contribution is 2.43. The van der Waals surface area contributed by atoms with Gasteiger partial charge in [-0.3, -0.25) is 18.6 Å². The quantitative estimate of drug-likeness (QED) is 0.0211. The molecule has 0 aromatic carbocycles. The summed E-state index contributed by atoms with van der Waals surface area (Å²) < 4.78 is 34.8. The van der Waals surface area contributed by atoms with E-state index in [2.05, 4.69) is 148 Å². The number of phosphoric ester groups is 1. The van der Waals surface area contributed by atoms with Crippen molar-refractivity contribution in [2.75, 3.05) is 47.5 Å². The van der Waals surface area contributed by atoms with Crippen LogP contribution in [0.3, 0.4) is 0 Å². The first-order valence-corrected chi connectivity index (χ1v) is 41.4. The summed E-state index contributed by atoms with van der Waals surface area (Å²) in [6.45, 7) is 4.33. The topological polar surface area (TPSA) is 108 Å². The van der Waals surface area contributed by atoms with Crippen LogP contribution in [0.4, 0.5) is 0 Å². The van der Waals surface area contributed by atoms with Crippen LogP contribution in [0.2, 0.25) is 0 Å². The number of phosphoric acid groups is 1. The highest BCUT2D eigenvalue weighted by molar-refractivity contribution is 7.47. The van der Waals surface area contributed by atoms with E-state index in [9.17, 15) is 19.0 Å². The van der Waals surface area contributed by atoms with Crippen LogP contribution in [0.5, 0.6) is 0 Å². The largest absolute Gasteiger partial charge is 0.472 e. The molecule has 0 aliphatic heterocycles. The molecule has 2 unspecified atom stereocenters. The lowest BCUT2D eigenvalue weighted by molar-refractivity contribution is -0.870. The van der Waals surface area contributed by atoms with Gasteiger partial charge in [-0.15, -0.1) is 0 Å². The van der Waals surface area contributed by atoms with Crippen molar-refractivity contribution >= 4 is 19.8 Å². The first-order valence-electron chi connectivity index (χ1n) is 39.9. The van der Waals surface area contributed by atoms with E-state index in [-0.39, 0.29) is 32.0 Å². The first-order chi connectivity index (χ1) is 47.0. The molecular formula is C86H151NO8P+. The lowest BCUT2D eigenvalue weighted by Crippen LogP contribution is -2.37. The zero-order valence-corrected chi connectivity index (χ0v) is 64.0. The molecule has 9 nitrogen and oxygen atoms in total. The van der Waals surface area contributed by atoms with E-state index in [1.807, 2.05) is 21.1 Å². The molecule has 0 bridgehead atoms. The minimum Gasteiger partial charge on any atom is -0.462 e. The summed E-state index contributed by atoms with van der Waals surface area (Å²) in [5.41, 5.74) is 0. The summed E-state index contributed by atoms with van der Waals surface area (Å²) in [5, 5.41) is 0. The van der Waals surface area contributed by atoms with Gasteiger partial charge in [0, 0.05) is 12.8 Å². The molecule has 0 heterocycles. The predicted molar refractivity (Wildman–Crippen MR) is 417 cm³/mol. The molecule has 0 radical (unpaired) electrons. The Morgan fingerprint density at radius 3 is 0.885 bits per heavy atom. The van der Waals surface area contributed by atoms with Crippen LogP contribution in [0.25, 0.3) is 0 Å². The van der Waals surface area contributed by atoms with E-state index in [1.54, 1.807) is 0 Å². The number of ether oxygens (including phenoxy) is 2. The van der Waals surface area contributed by atoms with Gasteiger partial charge >= 0.3 is 19.8 Å². The van der Waals surface area contributed by atoms with Gasteiger partial charge in [0.2, 0.25) is 0 Å². The molecular weight excluding hydrogens is 1210 g/mol. The minimum absolute atomic E-state index is 0.0262. The van der Waals surface area contributed by atoms with Crippen molar-refractivity contribution in [3.63, 3.8) is 0 Å². The molecule has 10 heteroatoms. The molecule has 0 fully saturated rings. The number of nitrogens with zero attached hydrogens (tertiary/aromatic N) is 1. The summed E-state index contributed by atoms with van der Waals surface area (Å²) in [7, 11) is 1.47. The van der Waals surface area contributed by atoms with Crippen molar-refractivity contribution in [1.29, 1.82) is 0 Å². The average molecular weight is 1360 g/mol. The number of allylic oxidation sites excluding steroid dienone is 22. The fourth-order valence-electron chi connectivity index (χ4n) is 11.1. The zero-order valence-electron chi connectivity index (χ0n) is 63.1. The van der Waals surface area contributed by atoms with Crippen molar-refractivity contribution in [3.05, 3.63) is 134 Å². The van der Waals surface area contributed by atoms with Gasteiger partial charge in [-0.25, -0.2) is 4.57 Å². The third-order valence-corrected chi connectivity index (χ3v) is 18.1. The summed E-state index contributed by atoms with van der Waals surface area (Å²) in [6, 6.07) is 0. The molecule has 2 atom stereocenters. The van der Waals surface area contributed by atoms with Crippen LogP contribution in [0.15, 0.2) is 134 Å². The molecule has 0 aromatic rings. The molecule has 0 spiro atoms. The van der Waals surface area contributed by atoms with Crippen LogP contribution in [0.1, 0.15) is 348 Å². The van der Waals surface area contributed by atoms with Crippen molar-refractivity contribution in [2.45, 2.75) is 354 Å². The maximum absolute atomic E-state index is 12.9. The van der Waals surface area contributed by atoms with Gasteiger partial charge in [-0.2, -0.15) is 0 Å². The Hall–Kier alpha value is -3.85. The Morgan fingerprint density at radius 1 is 0.333 bits per heavy atom. The van der Waals surface area contributed by atoms with Gasteiger partial charge in [0.1, 0.15) is 19.8 Å². The maximum Gasteiger partial charge on any atom is 0.472 e. The van der Waals surface area contributed by atoms with Crippen LogP contribution >= 0.6 is 7.82 Å². The summed E-state index contributed by atoms with van der Waals surface area (Å²) in [4.78, 5) is 36.0. The summed E-state index contributed by atoms with van der Waals surface area (Å²) >= 11 is 0. The van der Waals surface area contributed by atoms with Crippen LogP contribution in [-0.2, 0) is 32.7 Å². The molecule has 0 saturated heterocycles. The second-order valence-corrected chi connectivity index (χ2v) is 29.2. The number of hydrogen-bond donors (Lipinski definition) is 1. The van der Waals surface area contributed by atoms with E-state index < -0.39 is 26.5 Å². The SMILES string of the molecule is CC/C=C\C/C=C\C/C=C\C/C=C\C/C=C\C/C=C\C/C=C\C/C=C\C/C=C\CCCCCCCCCCCC(=O)OC(COC(=O)CCCCCCCCCCCCCCCCCCCCCCCCC/C=C\C/C=C\CCCCCCC)COP(=O)(O)OCC[N+](C)(C)C. The highest BCUT2D eigenvalue weighted by Gasteiger charge is 2.27. The number of carbonyl (C=O) groups is 2. The first kappa shape index (κ1) is 92.2. The number of hydrogen-bond acceptors (Lipinski definition) is 7. The normalized spacial score (nSPS) is 13.8. The van der Waals surface area contributed by atoms with E-state index in [1.165, 1.54) is 205 Å². The number of rotatable bonds is 73. The molecule has 1 N–H and O–H groups in total. The van der Waals surface area contributed by atoms with Crippen molar-refractivity contribution in [1.82, 2.24) is 0 Å². The van der Waals surface area contributed by atoms with E-state index in [4.69, 9.17) is 18.5 Å². The zero-order chi connectivity index (χ0) is 69.7. The molecule has 96 heavy (non-hydrogen) atoms. The minimum atomic E-state index is -4.40. The van der Waals surface area contributed by atoms with Crippen LogP contribution in [0, 0.1) is 0 Å². The monoisotopic (exact) mass is 1360 g/mol. The van der Waals surface area contributed by atoms with Gasteiger partial charge in [0.05, 0.1) is 27.7 Å². The number of carbonyl (C=O) groups excluding carboxylic acids is 2. The Labute approximate surface area is 593 Å². The second kappa shape index (κ2) is 75.4. The average Bonchev–Trinajstić information content (AvgIpc) is 2.72. The van der Waals surface area contributed by atoms with Crippen molar-refractivity contribution in [2.24, 2.45) is 0 Å². The molecule has 0 aliphatic carbocycles. The van der Waals surface area contributed by atoms with Crippen LogP contribution < -0.4 is 0 Å². The lowest BCUT2D eigenvalue weighted by atomic mass is 10.0. The van der Waals surface area contributed by atoms with Gasteiger partial charge < -0.3 is 18.9 Å². The van der Waals surface area contributed by atoms with Crippen molar-refractivity contribution < 1.29 is 42.1 Å². The fourth-order valence-corrected chi connectivity index (χ4v) is 11.8. The molecule has 552 valence electrons. The Kier molecular flexibility index (Phi) is 72.3. The Balaban J connectivity index is 4.02. The standard InChI is InChI=1S/C86H150NO8P/c1-6-8-10-12-14-16-18-20-22-24-26-28-30-32-34-36-38-40-42-43-45-47-49-51-53-55-57-59-61-63-65-67-69-71-73-75-77-79-86(89)95-84(83-94-96(90,91)93-81-80-87(3,4)5)82-92-85(88)78-76-74-72-70-68-66-64-62-60-58-56-54-52-50-48-46-44-41-39-37-35-33-31-29-27-25-23-21-19-17-15-13-11-9-7-2/h8,10,14,16,19-22,25-28,32,34,38,40,43,45,49,51,55,57,84H,6-7,9,11-13,15,17-18,23-24,29-31,33,35-37,39,41-42,44,46-48,50,52-54,56,58-83H2,1-5H3/p+1/b10-8-,16-14-,21-19-,22-20-,27-25-,28-26-,34-32-,40-38-,45-43-,51-49-,57-55-. The predicted octanol–water partition coefficient (Wildman–Crippen LogP) is 26.7. The third-order valence-electron chi connectivity index (χ3n) is 17.2. The van der Waals surface area contributed by atoms with E-state index in [0.29, 0.717) is 17.4 Å². The molecule has 0 rings (SSSR count). The lowest BCUT2D eigenvalue weighted by Gasteiger charge is -2.24. The molecule has 0 amide bonds.